The molecule has 6 nitrogen and oxygen atoms in total. The van der Waals surface area contributed by atoms with Gasteiger partial charge in [0.1, 0.15) is 12.4 Å². The Morgan fingerprint density at radius 3 is 2.41 bits per heavy atom. The summed E-state index contributed by atoms with van der Waals surface area (Å²) in [6.45, 7) is 3.95. The van der Waals surface area contributed by atoms with Crippen LogP contribution in [0.1, 0.15) is 42.5 Å². The molecule has 0 radical (unpaired) electrons. The average Bonchev–Trinajstić information content (AvgIpc) is 2.73. The molecule has 2 aliphatic heterocycles. The Balaban J connectivity index is 1.48. The van der Waals surface area contributed by atoms with Gasteiger partial charge in [0, 0.05) is 44.8 Å². The van der Waals surface area contributed by atoms with Crippen molar-refractivity contribution in [3.63, 3.8) is 0 Å². The molecular formula is C21H30N2O4. The van der Waals surface area contributed by atoms with E-state index in [2.05, 4.69) is 0 Å². The van der Waals surface area contributed by atoms with E-state index < -0.39 is 0 Å². The predicted molar refractivity (Wildman–Crippen MR) is 103 cm³/mol. The van der Waals surface area contributed by atoms with Gasteiger partial charge in [0.25, 0.3) is 5.91 Å². The van der Waals surface area contributed by atoms with Gasteiger partial charge in [-0.15, -0.1) is 0 Å². The van der Waals surface area contributed by atoms with Crippen LogP contribution in [0.5, 0.6) is 5.75 Å². The molecule has 3 rings (SSSR count). The number of amides is 2. The lowest BCUT2D eigenvalue weighted by Crippen LogP contribution is -2.43. The Labute approximate surface area is 161 Å². The van der Waals surface area contributed by atoms with Crippen molar-refractivity contribution in [1.29, 1.82) is 0 Å². The molecule has 0 saturated carbocycles. The Bertz CT molecular complexity index is 626. The molecule has 1 atom stereocenters. The van der Waals surface area contributed by atoms with Crippen molar-refractivity contribution in [2.45, 2.75) is 32.1 Å². The van der Waals surface area contributed by atoms with Crippen LogP contribution in [0.25, 0.3) is 0 Å². The van der Waals surface area contributed by atoms with Gasteiger partial charge in [-0.25, -0.2) is 0 Å². The zero-order valence-electron chi connectivity index (χ0n) is 16.2. The Kier molecular flexibility index (Phi) is 7.10. The van der Waals surface area contributed by atoms with Crippen LogP contribution in [-0.4, -0.2) is 68.1 Å². The summed E-state index contributed by atoms with van der Waals surface area (Å²) in [4.78, 5) is 28.3. The minimum absolute atomic E-state index is 0.0442. The second-order valence-electron chi connectivity index (χ2n) is 7.47. The fourth-order valence-electron chi connectivity index (χ4n) is 3.83. The quantitative estimate of drug-likeness (QED) is 0.768. The molecule has 2 aliphatic rings. The van der Waals surface area contributed by atoms with Crippen LogP contribution in [-0.2, 0) is 9.53 Å². The number of hydrogen-bond acceptors (Lipinski definition) is 4. The molecule has 2 fully saturated rings. The van der Waals surface area contributed by atoms with E-state index in [9.17, 15) is 9.59 Å². The first-order chi connectivity index (χ1) is 13.2. The summed E-state index contributed by atoms with van der Waals surface area (Å²) in [5.41, 5.74) is 0.721. The van der Waals surface area contributed by atoms with Gasteiger partial charge >= 0.3 is 0 Å². The van der Waals surface area contributed by atoms with Crippen molar-refractivity contribution in [3.05, 3.63) is 29.8 Å². The Morgan fingerprint density at radius 2 is 1.70 bits per heavy atom. The Hall–Kier alpha value is -2.08. The second-order valence-corrected chi connectivity index (χ2v) is 7.47. The predicted octanol–water partition coefficient (Wildman–Crippen LogP) is 2.58. The molecule has 2 amide bonds. The standard InChI is InChI=1S/C21H30N2O4/c1-26-16-20(24)23-13-5-6-17(14-23)15-27-19-9-7-18(8-10-19)21(25)22-11-3-2-4-12-22/h7-10,17H,2-6,11-16H2,1H3. The SMILES string of the molecule is COCC(=O)N1CCCC(COc2ccc(C(=O)N3CCCCC3)cc2)C1. The van der Waals surface area contributed by atoms with Crippen molar-refractivity contribution >= 4 is 11.8 Å². The van der Waals surface area contributed by atoms with Gasteiger partial charge in [-0.1, -0.05) is 0 Å². The third-order valence-corrected chi connectivity index (χ3v) is 5.37. The number of likely N-dealkylation sites (tertiary alicyclic amines) is 2. The lowest BCUT2D eigenvalue weighted by atomic mass is 9.99. The molecule has 0 aliphatic carbocycles. The maximum absolute atomic E-state index is 12.5. The smallest absolute Gasteiger partial charge is 0.253 e. The summed E-state index contributed by atoms with van der Waals surface area (Å²) in [7, 11) is 1.54. The topological polar surface area (TPSA) is 59.1 Å². The molecule has 2 heterocycles. The van der Waals surface area contributed by atoms with E-state index in [0.29, 0.717) is 19.1 Å². The van der Waals surface area contributed by atoms with Crippen molar-refractivity contribution in [2.75, 3.05) is 46.5 Å². The molecule has 0 bridgehead atoms. The fourth-order valence-corrected chi connectivity index (χ4v) is 3.83. The van der Waals surface area contributed by atoms with E-state index in [1.165, 1.54) is 6.42 Å². The van der Waals surface area contributed by atoms with Gasteiger partial charge in [0.15, 0.2) is 0 Å². The van der Waals surface area contributed by atoms with Crippen LogP contribution in [0, 0.1) is 5.92 Å². The first kappa shape index (κ1) is 19.7. The number of piperidine rings is 2. The zero-order valence-corrected chi connectivity index (χ0v) is 16.2. The molecule has 0 N–H and O–H groups in total. The molecule has 6 heteroatoms. The minimum Gasteiger partial charge on any atom is -0.493 e. The number of methoxy groups -OCH3 is 1. The monoisotopic (exact) mass is 374 g/mol. The highest BCUT2D eigenvalue weighted by Gasteiger charge is 2.24. The highest BCUT2D eigenvalue weighted by atomic mass is 16.5. The number of benzene rings is 1. The number of rotatable bonds is 6. The van der Waals surface area contributed by atoms with E-state index in [1.54, 1.807) is 7.11 Å². The zero-order chi connectivity index (χ0) is 19.1. The van der Waals surface area contributed by atoms with Gasteiger partial charge in [0.05, 0.1) is 6.61 Å². The largest absolute Gasteiger partial charge is 0.493 e. The fraction of sp³-hybridized carbons (Fsp3) is 0.619. The van der Waals surface area contributed by atoms with Crippen molar-refractivity contribution < 1.29 is 19.1 Å². The normalized spacial score (nSPS) is 20.4. The van der Waals surface area contributed by atoms with Crippen molar-refractivity contribution in [1.82, 2.24) is 9.80 Å². The van der Waals surface area contributed by atoms with E-state index in [4.69, 9.17) is 9.47 Å². The number of ether oxygens (including phenoxy) is 2. The van der Waals surface area contributed by atoms with Crippen LogP contribution >= 0.6 is 0 Å². The molecule has 1 unspecified atom stereocenters. The molecule has 0 spiro atoms. The first-order valence-electron chi connectivity index (χ1n) is 9.96. The third-order valence-electron chi connectivity index (χ3n) is 5.37. The van der Waals surface area contributed by atoms with Gasteiger partial charge in [-0.05, 0) is 56.4 Å². The molecule has 1 aromatic rings. The summed E-state index contributed by atoms with van der Waals surface area (Å²) in [5.74, 6) is 1.25. The highest BCUT2D eigenvalue weighted by Crippen LogP contribution is 2.20. The van der Waals surface area contributed by atoms with Crippen LogP contribution < -0.4 is 4.74 Å². The molecule has 0 aromatic heterocycles. The summed E-state index contributed by atoms with van der Waals surface area (Å²) in [6.07, 6.45) is 5.46. The summed E-state index contributed by atoms with van der Waals surface area (Å²) in [5, 5.41) is 0. The average molecular weight is 374 g/mol. The van der Waals surface area contributed by atoms with Crippen molar-refractivity contribution in [3.8, 4) is 5.75 Å². The Morgan fingerprint density at radius 1 is 1.00 bits per heavy atom. The lowest BCUT2D eigenvalue weighted by molar-refractivity contribution is -0.137. The van der Waals surface area contributed by atoms with E-state index >= 15 is 0 Å². The van der Waals surface area contributed by atoms with Gasteiger partial charge in [0.2, 0.25) is 5.91 Å². The number of carbonyl (C=O) groups is 2. The second kappa shape index (κ2) is 9.74. The van der Waals surface area contributed by atoms with E-state index in [0.717, 1.165) is 56.6 Å². The molecule has 27 heavy (non-hydrogen) atoms. The molecular weight excluding hydrogens is 344 g/mol. The van der Waals surface area contributed by atoms with Gasteiger partial charge < -0.3 is 19.3 Å². The molecule has 1 aromatic carbocycles. The molecule has 2 saturated heterocycles. The number of nitrogens with zero attached hydrogens (tertiary/aromatic N) is 2. The minimum atomic E-state index is 0.0442. The summed E-state index contributed by atoms with van der Waals surface area (Å²) < 4.78 is 10.9. The van der Waals surface area contributed by atoms with Gasteiger partial charge in [-0.3, -0.25) is 9.59 Å². The number of carbonyl (C=O) groups excluding carboxylic acids is 2. The van der Waals surface area contributed by atoms with Crippen LogP contribution in [0.4, 0.5) is 0 Å². The number of hydrogen-bond donors (Lipinski definition) is 0. The highest BCUT2D eigenvalue weighted by molar-refractivity contribution is 5.94. The summed E-state index contributed by atoms with van der Waals surface area (Å²) >= 11 is 0. The van der Waals surface area contributed by atoms with E-state index in [1.807, 2.05) is 34.1 Å². The molecule has 148 valence electrons. The van der Waals surface area contributed by atoms with Crippen LogP contribution in [0.3, 0.4) is 0 Å². The van der Waals surface area contributed by atoms with E-state index in [-0.39, 0.29) is 18.4 Å². The maximum atomic E-state index is 12.5. The first-order valence-corrected chi connectivity index (χ1v) is 9.96. The maximum Gasteiger partial charge on any atom is 0.253 e. The lowest BCUT2D eigenvalue weighted by Gasteiger charge is -2.32. The summed E-state index contributed by atoms with van der Waals surface area (Å²) in [6, 6.07) is 7.44. The van der Waals surface area contributed by atoms with Crippen LogP contribution in [0.15, 0.2) is 24.3 Å². The van der Waals surface area contributed by atoms with Crippen molar-refractivity contribution in [2.24, 2.45) is 5.92 Å². The third kappa shape index (κ3) is 5.45. The van der Waals surface area contributed by atoms with Gasteiger partial charge in [-0.2, -0.15) is 0 Å². The van der Waals surface area contributed by atoms with Crippen LogP contribution in [0.2, 0.25) is 0 Å².